The maximum Gasteiger partial charge on any atom is 0.239 e. The molecule has 0 spiro atoms. The van der Waals surface area contributed by atoms with Gasteiger partial charge in [0, 0.05) is 5.02 Å². The van der Waals surface area contributed by atoms with Crippen LogP contribution in [0.1, 0.15) is 0 Å². The van der Waals surface area contributed by atoms with Gasteiger partial charge in [-0.2, -0.15) is 0 Å². The Labute approximate surface area is 111 Å². The minimum absolute atomic E-state index is 0.446. The monoisotopic (exact) mass is 284 g/mol. The van der Waals surface area contributed by atoms with Gasteiger partial charge in [-0.15, -0.1) is 11.3 Å². The fourth-order valence-electron chi connectivity index (χ4n) is 1.55. The minimum atomic E-state index is 0.446. The second kappa shape index (κ2) is 3.91. The lowest BCUT2D eigenvalue weighted by atomic mass is 10.3. The Kier molecular flexibility index (Phi) is 2.50. The summed E-state index contributed by atoms with van der Waals surface area (Å²) in [5.74, 6) is 0.469. The zero-order valence-electron chi connectivity index (χ0n) is 8.41. The molecule has 0 aliphatic carbocycles. The molecule has 0 fully saturated rings. The molecule has 3 nitrogen and oxygen atoms in total. The highest BCUT2D eigenvalue weighted by molar-refractivity contribution is 7.14. The van der Waals surface area contributed by atoms with Crippen LogP contribution in [0, 0.1) is 0 Å². The molecule has 0 saturated heterocycles. The van der Waals surface area contributed by atoms with Crippen LogP contribution < -0.4 is 5.73 Å². The lowest BCUT2D eigenvalue weighted by Crippen LogP contribution is -1.83. The molecule has 0 radical (unpaired) electrons. The molecule has 0 aliphatic heterocycles. The van der Waals surface area contributed by atoms with Gasteiger partial charge in [0.05, 0.1) is 10.7 Å². The number of fused-ring (bicyclic) bond motifs is 1. The van der Waals surface area contributed by atoms with Gasteiger partial charge in [-0.05, 0) is 23.6 Å². The lowest BCUT2D eigenvalue weighted by Gasteiger charge is -1.92. The summed E-state index contributed by atoms with van der Waals surface area (Å²) in [7, 11) is 0. The van der Waals surface area contributed by atoms with Gasteiger partial charge in [0.25, 0.3) is 0 Å². The van der Waals surface area contributed by atoms with Crippen molar-refractivity contribution >= 4 is 51.3 Å². The second-order valence-electron chi connectivity index (χ2n) is 3.46. The first kappa shape index (κ1) is 10.9. The molecule has 0 bridgehead atoms. The summed E-state index contributed by atoms with van der Waals surface area (Å²) in [6.45, 7) is 0. The van der Waals surface area contributed by atoms with Crippen molar-refractivity contribution in [3.05, 3.63) is 33.6 Å². The molecule has 3 aromatic rings. The summed E-state index contributed by atoms with van der Waals surface area (Å²) in [6.07, 6.45) is 0. The van der Waals surface area contributed by atoms with Crippen LogP contribution in [-0.2, 0) is 0 Å². The molecule has 86 valence electrons. The van der Waals surface area contributed by atoms with Crippen molar-refractivity contribution in [2.45, 2.75) is 0 Å². The molecule has 2 heterocycles. The molecule has 2 aromatic heterocycles. The van der Waals surface area contributed by atoms with Crippen LogP contribution in [0.15, 0.2) is 28.0 Å². The first-order valence-corrected chi connectivity index (χ1v) is 6.37. The molecule has 0 saturated carbocycles. The molecule has 2 N–H and O–H groups in total. The number of hydrogen-bond donors (Lipinski definition) is 1. The number of rotatable bonds is 1. The van der Waals surface area contributed by atoms with Crippen molar-refractivity contribution in [3.63, 3.8) is 0 Å². The highest BCUT2D eigenvalue weighted by Crippen LogP contribution is 2.36. The van der Waals surface area contributed by atoms with E-state index >= 15 is 0 Å². The van der Waals surface area contributed by atoms with Gasteiger partial charge >= 0.3 is 0 Å². The Morgan fingerprint density at radius 3 is 2.82 bits per heavy atom. The Morgan fingerprint density at radius 2 is 2.12 bits per heavy atom. The molecule has 0 atom stereocenters. The number of halogens is 2. The van der Waals surface area contributed by atoms with E-state index in [-0.39, 0.29) is 0 Å². The third kappa shape index (κ3) is 1.78. The van der Waals surface area contributed by atoms with Crippen molar-refractivity contribution in [2.75, 3.05) is 5.73 Å². The Bertz CT molecular complexity index is 705. The van der Waals surface area contributed by atoms with Crippen LogP contribution in [-0.4, -0.2) is 4.98 Å². The second-order valence-corrected chi connectivity index (χ2v) is 5.22. The number of nitrogens with zero attached hydrogens (tertiary/aromatic N) is 1. The molecule has 3 rings (SSSR count). The van der Waals surface area contributed by atoms with Crippen molar-refractivity contribution in [1.82, 2.24) is 4.98 Å². The summed E-state index contributed by atoms with van der Waals surface area (Å²) < 4.78 is 5.61. The van der Waals surface area contributed by atoms with E-state index in [4.69, 9.17) is 33.4 Å². The number of oxazole rings is 1. The van der Waals surface area contributed by atoms with Gasteiger partial charge in [-0.1, -0.05) is 23.2 Å². The summed E-state index contributed by atoms with van der Waals surface area (Å²) in [5, 5.41) is 2.86. The van der Waals surface area contributed by atoms with E-state index in [1.165, 1.54) is 11.3 Å². The number of nitrogens with two attached hydrogens (primary N) is 1. The van der Waals surface area contributed by atoms with Gasteiger partial charge in [0.15, 0.2) is 5.58 Å². The van der Waals surface area contributed by atoms with Gasteiger partial charge in [0.1, 0.15) is 10.4 Å². The molecule has 0 aliphatic rings. The topological polar surface area (TPSA) is 52.0 Å². The number of nitrogen functional groups attached to an aromatic ring is 1. The fraction of sp³-hybridized carbons (Fsp3) is 0. The number of thiophene rings is 1. The van der Waals surface area contributed by atoms with Gasteiger partial charge in [-0.3, -0.25) is 0 Å². The van der Waals surface area contributed by atoms with Crippen LogP contribution in [0.3, 0.4) is 0 Å². The number of benzene rings is 1. The van der Waals surface area contributed by atoms with E-state index < -0.39 is 0 Å². The Balaban J connectivity index is 2.27. The summed E-state index contributed by atoms with van der Waals surface area (Å²) in [5.41, 5.74) is 7.61. The van der Waals surface area contributed by atoms with Crippen molar-refractivity contribution in [3.8, 4) is 10.8 Å². The van der Waals surface area contributed by atoms with E-state index in [1.54, 1.807) is 12.1 Å². The van der Waals surface area contributed by atoms with Crippen molar-refractivity contribution in [1.29, 1.82) is 0 Å². The van der Waals surface area contributed by atoms with Crippen molar-refractivity contribution in [2.24, 2.45) is 0 Å². The van der Waals surface area contributed by atoms with Gasteiger partial charge in [-0.25, -0.2) is 4.98 Å². The SMILES string of the molecule is Nc1ccsc1-c1nc2cc(Cl)cc(Cl)c2o1. The van der Waals surface area contributed by atoms with Crippen LogP contribution >= 0.6 is 34.5 Å². The molecule has 1 aromatic carbocycles. The number of hydrogen-bond acceptors (Lipinski definition) is 4. The number of anilines is 1. The van der Waals surface area contributed by atoms with Crippen molar-refractivity contribution < 1.29 is 4.42 Å². The normalized spacial score (nSPS) is 11.2. The molecular weight excluding hydrogens is 279 g/mol. The molecule has 0 amide bonds. The highest BCUT2D eigenvalue weighted by Gasteiger charge is 2.14. The fourth-order valence-corrected chi connectivity index (χ4v) is 2.81. The zero-order chi connectivity index (χ0) is 12.0. The smallest absolute Gasteiger partial charge is 0.239 e. The van der Waals surface area contributed by atoms with Crippen LogP contribution in [0.5, 0.6) is 0 Å². The maximum atomic E-state index is 6.03. The van der Waals surface area contributed by atoms with Crippen LogP contribution in [0.4, 0.5) is 5.69 Å². The molecule has 6 heteroatoms. The summed E-state index contributed by atoms with van der Waals surface area (Å²) in [4.78, 5) is 5.13. The first-order chi connectivity index (χ1) is 8.15. The minimum Gasteiger partial charge on any atom is -0.434 e. The van der Waals surface area contributed by atoms with Crippen LogP contribution in [0.2, 0.25) is 10.0 Å². The Morgan fingerprint density at radius 1 is 1.29 bits per heavy atom. The molecular formula is C11H6Cl2N2OS. The first-order valence-electron chi connectivity index (χ1n) is 4.74. The predicted molar refractivity (Wildman–Crippen MR) is 71.8 cm³/mol. The van der Waals surface area contributed by atoms with E-state index in [2.05, 4.69) is 4.98 Å². The maximum absolute atomic E-state index is 6.03. The average Bonchev–Trinajstić information content (AvgIpc) is 2.83. The zero-order valence-corrected chi connectivity index (χ0v) is 10.7. The molecule has 0 unspecified atom stereocenters. The van der Waals surface area contributed by atoms with E-state index in [0.29, 0.717) is 32.7 Å². The van der Waals surface area contributed by atoms with E-state index in [1.807, 2.05) is 11.4 Å². The number of aromatic nitrogens is 1. The lowest BCUT2D eigenvalue weighted by molar-refractivity contribution is 0.622. The standard InChI is InChI=1S/C11H6Cl2N2OS/c12-5-3-6(13)9-8(4-5)15-11(16-9)10-7(14)1-2-17-10/h1-4H,14H2. The van der Waals surface area contributed by atoms with E-state index in [0.717, 1.165) is 4.88 Å². The highest BCUT2D eigenvalue weighted by atomic mass is 35.5. The molecule has 17 heavy (non-hydrogen) atoms. The predicted octanol–water partition coefficient (Wildman–Crippen LogP) is 4.45. The third-order valence-electron chi connectivity index (χ3n) is 2.30. The van der Waals surface area contributed by atoms with Gasteiger partial charge in [0.2, 0.25) is 5.89 Å². The van der Waals surface area contributed by atoms with Crippen LogP contribution in [0.25, 0.3) is 21.9 Å². The average molecular weight is 285 g/mol. The van der Waals surface area contributed by atoms with E-state index in [9.17, 15) is 0 Å². The third-order valence-corrected chi connectivity index (χ3v) is 3.72. The summed E-state index contributed by atoms with van der Waals surface area (Å²) >= 11 is 13.4. The van der Waals surface area contributed by atoms with Gasteiger partial charge < -0.3 is 10.2 Å². The quantitative estimate of drug-likeness (QED) is 0.718. The largest absolute Gasteiger partial charge is 0.434 e. The Hall–Kier alpha value is -1.23. The summed E-state index contributed by atoms with van der Waals surface area (Å²) in [6, 6.07) is 5.14.